The second-order valence-corrected chi connectivity index (χ2v) is 2.56. The number of rotatable bonds is 1. The van der Waals surface area contributed by atoms with Crippen molar-refractivity contribution in [2.75, 3.05) is 5.73 Å². The Morgan fingerprint density at radius 1 is 1.33 bits per heavy atom. The van der Waals surface area contributed by atoms with E-state index < -0.39 is 5.97 Å². The molecule has 0 atom stereocenters. The molecule has 0 aliphatic carbocycles. The van der Waals surface area contributed by atoms with Gasteiger partial charge in [0.15, 0.2) is 10.3 Å². The van der Waals surface area contributed by atoms with Gasteiger partial charge in [-0.1, -0.05) is 23.2 Å². The van der Waals surface area contributed by atoms with Gasteiger partial charge in [0.2, 0.25) is 5.95 Å². The lowest BCUT2D eigenvalue weighted by molar-refractivity contribution is 0.0696. The minimum Gasteiger partial charge on any atom is -0.477 e. The summed E-state index contributed by atoms with van der Waals surface area (Å²) >= 11 is 10.9. The number of nitrogen functional groups attached to an aromatic ring is 1. The number of carboxylic acids is 1. The van der Waals surface area contributed by atoms with E-state index in [1.54, 1.807) is 0 Å². The van der Waals surface area contributed by atoms with Crippen LogP contribution in [0.15, 0.2) is 0 Å². The van der Waals surface area contributed by atoms with Crippen molar-refractivity contribution in [2.45, 2.75) is 0 Å². The summed E-state index contributed by atoms with van der Waals surface area (Å²) in [6.45, 7) is 0. The molecule has 0 unspecified atom stereocenters. The van der Waals surface area contributed by atoms with Gasteiger partial charge >= 0.3 is 5.97 Å². The fraction of sp³-hybridized carbons (Fsp3) is 0. The fourth-order valence-corrected chi connectivity index (χ4v) is 1.16. The second-order valence-electron chi connectivity index (χ2n) is 1.84. The van der Waals surface area contributed by atoms with Crippen LogP contribution in [0.1, 0.15) is 10.4 Å². The SMILES string of the molecule is Nc1nc(Cl)c(C(=O)O)c(Cl)n1. The Bertz CT molecular complexity index is 318. The molecule has 0 fully saturated rings. The van der Waals surface area contributed by atoms with E-state index in [-0.39, 0.29) is 21.8 Å². The maximum Gasteiger partial charge on any atom is 0.342 e. The van der Waals surface area contributed by atoms with E-state index >= 15 is 0 Å². The maximum atomic E-state index is 10.5. The van der Waals surface area contributed by atoms with Crippen LogP contribution in [0.5, 0.6) is 0 Å². The Balaban J connectivity index is 3.38. The van der Waals surface area contributed by atoms with E-state index in [1.807, 2.05) is 0 Å². The van der Waals surface area contributed by atoms with Crippen molar-refractivity contribution in [3.63, 3.8) is 0 Å². The molecule has 0 spiro atoms. The number of aromatic nitrogens is 2. The van der Waals surface area contributed by atoms with Crippen LogP contribution in [0, 0.1) is 0 Å². The first-order valence-corrected chi connectivity index (χ1v) is 3.49. The first kappa shape index (κ1) is 9.02. The highest BCUT2D eigenvalue weighted by atomic mass is 35.5. The van der Waals surface area contributed by atoms with E-state index in [9.17, 15) is 4.79 Å². The predicted molar refractivity (Wildman–Crippen MR) is 43.4 cm³/mol. The third-order valence-corrected chi connectivity index (χ3v) is 1.60. The Kier molecular flexibility index (Phi) is 2.35. The van der Waals surface area contributed by atoms with Crippen LogP contribution in [0.25, 0.3) is 0 Å². The number of carboxylic acid groups (broad SMARTS) is 1. The Morgan fingerprint density at radius 2 is 1.75 bits per heavy atom. The molecular weight excluding hydrogens is 205 g/mol. The normalized spacial score (nSPS) is 9.83. The topological polar surface area (TPSA) is 89.1 Å². The van der Waals surface area contributed by atoms with Crippen LogP contribution in [0.2, 0.25) is 10.3 Å². The number of nitrogens with zero attached hydrogens (tertiary/aromatic N) is 2. The molecule has 0 radical (unpaired) electrons. The lowest BCUT2D eigenvalue weighted by Crippen LogP contribution is -2.05. The highest BCUT2D eigenvalue weighted by Gasteiger charge is 2.16. The Hall–Kier alpha value is -1.07. The molecule has 0 bridgehead atoms. The monoisotopic (exact) mass is 207 g/mol. The summed E-state index contributed by atoms with van der Waals surface area (Å²) < 4.78 is 0. The van der Waals surface area contributed by atoms with Gasteiger partial charge in [-0.2, -0.15) is 0 Å². The average Bonchev–Trinajstić information content (AvgIpc) is 1.82. The average molecular weight is 208 g/mol. The minimum absolute atomic E-state index is 0.157. The molecule has 7 heteroatoms. The summed E-state index contributed by atoms with van der Waals surface area (Å²) in [5, 5.41) is 8.02. The van der Waals surface area contributed by atoms with Gasteiger partial charge in [-0.3, -0.25) is 0 Å². The third-order valence-electron chi connectivity index (χ3n) is 1.05. The van der Waals surface area contributed by atoms with Gasteiger partial charge < -0.3 is 10.8 Å². The highest BCUT2D eigenvalue weighted by Crippen LogP contribution is 2.21. The summed E-state index contributed by atoms with van der Waals surface area (Å²) in [4.78, 5) is 17.3. The fourth-order valence-electron chi connectivity index (χ4n) is 0.600. The summed E-state index contributed by atoms with van der Waals surface area (Å²) in [6.07, 6.45) is 0. The molecule has 0 aliphatic rings. The lowest BCUT2D eigenvalue weighted by atomic mass is 10.3. The number of carbonyl (C=O) groups is 1. The van der Waals surface area contributed by atoms with Gasteiger partial charge in [0.25, 0.3) is 0 Å². The molecule has 0 saturated heterocycles. The van der Waals surface area contributed by atoms with Crippen molar-refractivity contribution in [3.8, 4) is 0 Å². The first-order valence-electron chi connectivity index (χ1n) is 2.74. The lowest BCUT2D eigenvalue weighted by Gasteiger charge is -2.00. The largest absolute Gasteiger partial charge is 0.477 e. The molecule has 0 saturated carbocycles. The summed E-state index contributed by atoms with van der Waals surface area (Å²) in [5.74, 6) is -1.44. The number of nitrogens with two attached hydrogens (primary N) is 1. The summed E-state index contributed by atoms with van der Waals surface area (Å²) in [5.41, 5.74) is 4.80. The van der Waals surface area contributed by atoms with Crippen LogP contribution in [0.3, 0.4) is 0 Å². The van der Waals surface area contributed by atoms with E-state index in [2.05, 4.69) is 9.97 Å². The smallest absolute Gasteiger partial charge is 0.342 e. The van der Waals surface area contributed by atoms with Crippen molar-refractivity contribution >= 4 is 35.1 Å². The molecule has 12 heavy (non-hydrogen) atoms. The standard InChI is InChI=1S/C5H3Cl2N3O2/c6-2-1(4(11)12)3(7)10-5(8)9-2/h(H,11,12)(H2,8,9,10). The number of hydrogen-bond acceptors (Lipinski definition) is 4. The van der Waals surface area contributed by atoms with Gasteiger partial charge in [0, 0.05) is 0 Å². The number of hydrogen-bond donors (Lipinski definition) is 2. The van der Waals surface area contributed by atoms with Crippen molar-refractivity contribution in [2.24, 2.45) is 0 Å². The van der Waals surface area contributed by atoms with E-state index in [4.69, 9.17) is 34.0 Å². The summed E-state index contributed by atoms with van der Waals surface area (Å²) in [7, 11) is 0. The molecule has 1 aromatic rings. The number of aromatic carboxylic acids is 1. The van der Waals surface area contributed by atoms with Crippen molar-refractivity contribution in [1.82, 2.24) is 9.97 Å². The quantitative estimate of drug-likeness (QED) is 0.673. The Labute approximate surface area is 77.1 Å². The van der Waals surface area contributed by atoms with Crippen LogP contribution in [-0.2, 0) is 0 Å². The molecule has 1 aromatic heterocycles. The van der Waals surface area contributed by atoms with E-state index in [1.165, 1.54) is 0 Å². The van der Waals surface area contributed by atoms with Crippen LogP contribution < -0.4 is 5.73 Å². The molecule has 0 aromatic carbocycles. The zero-order valence-electron chi connectivity index (χ0n) is 5.58. The van der Waals surface area contributed by atoms with Gasteiger partial charge in [-0.05, 0) is 0 Å². The molecule has 5 nitrogen and oxygen atoms in total. The van der Waals surface area contributed by atoms with E-state index in [0.29, 0.717) is 0 Å². The van der Waals surface area contributed by atoms with Gasteiger partial charge in [-0.15, -0.1) is 0 Å². The summed E-state index contributed by atoms with van der Waals surface area (Å²) in [6, 6.07) is 0. The van der Waals surface area contributed by atoms with Crippen LogP contribution >= 0.6 is 23.2 Å². The van der Waals surface area contributed by atoms with Crippen molar-refractivity contribution in [1.29, 1.82) is 0 Å². The molecule has 1 rings (SSSR count). The van der Waals surface area contributed by atoms with E-state index in [0.717, 1.165) is 0 Å². The molecule has 3 N–H and O–H groups in total. The second kappa shape index (κ2) is 3.12. The third kappa shape index (κ3) is 1.57. The van der Waals surface area contributed by atoms with Crippen molar-refractivity contribution in [3.05, 3.63) is 15.9 Å². The van der Waals surface area contributed by atoms with Gasteiger partial charge in [0.1, 0.15) is 5.56 Å². The van der Waals surface area contributed by atoms with Crippen molar-refractivity contribution < 1.29 is 9.90 Å². The Morgan fingerprint density at radius 3 is 2.08 bits per heavy atom. The minimum atomic E-state index is -1.29. The molecule has 0 aliphatic heterocycles. The van der Waals surface area contributed by atoms with Gasteiger partial charge in [-0.25, -0.2) is 14.8 Å². The number of anilines is 1. The first-order chi connectivity index (χ1) is 5.52. The zero-order valence-corrected chi connectivity index (χ0v) is 7.10. The van der Waals surface area contributed by atoms with Crippen LogP contribution in [0.4, 0.5) is 5.95 Å². The number of halogens is 2. The van der Waals surface area contributed by atoms with Gasteiger partial charge in [0.05, 0.1) is 0 Å². The predicted octanol–water partition coefficient (Wildman–Crippen LogP) is 1.06. The zero-order chi connectivity index (χ0) is 9.30. The molecule has 64 valence electrons. The maximum absolute atomic E-state index is 10.5. The molecule has 0 amide bonds. The molecular formula is C5H3Cl2N3O2. The highest BCUT2D eigenvalue weighted by molar-refractivity contribution is 6.37. The molecule has 1 heterocycles. The van der Waals surface area contributed by atoms with Crippen LogP contribution in [-0.4, -0.2) is 21.0 Å².